The molecular formula is C35H72N6O4. The number of unbranched alkanes of at least 4 members (excludes halogenated alkanes) is 14. The molecule has 1 rings (SSSR count). The van der Waals surface area contributed by atoms with Crippen molar-refractivity contribution < 1.29 is 19.7 Å². The molecule has 0 saturated heterocycles. The smallest absolute Gasteiger partial charge is 0.306 e. The van der Waals surface area contributed by atoms with Crippen molar-refractivity contribution in [2.45, 2.75) is 187 Å². The zero-order valence-electron chi connectivity index (χ0n) is 29.5. The number of hydrogen-bond acceptors (Lipinski definition) is 10. The first-order valence-corrected chi connectivity index (χ1v) is 18.6. The molecule has 1 heterocycles. The summed E-state index contributed by atoms with van der Waals surface area (Å²) in [4.78, 5) is 19.4. The number of ether oxygens (including phenoxy) is 1. The van der Waals surface area contributed by atoms with E-state index in [-0.39, 0.29) is 12.1 Å². The van der Waals surface area contributed by atoms with Crippen LogP contribution in [-0.2, 0) is 9.53 Å². The van der Waals surface area contributed by atoms with Crippen molar-refractivity contribution in [1.82, 2.24) is 15.3 Å². The lowest BCUT2D eigenvalue weighted by Gasteiger charge is -2.29. The molecule has 1 atom stereocenters. The van der Waals surface area contributed by atoms with Gasteiger partial charge in [-0.1, -0.05) is 90.9 Å². The summed E-state index contributed by atoms with van der Waals surface area (Å²) < 4.78 is 5.94. The van der Waals surface area contributed by atoms with E-state index in [1.165, 1.54) is 44.9 Å². The van der Waals surface area contributed by atoms with Crippen molar-refractivity contribution in [3.63, 3.8) is 0 Å². The second kappa shape index (κ2) is 26.6. The highest BCUT2D eigenvalue weighted by molar-refractivity contribution is 5.79. The molecular weight excluding hydrogens is 568 g/mol. The fourth-order valence-corrected chi connectivity index (χ4v) is 6.08. The Balaban J connectivity index is 2.32. The van der Waals surface area contributed by atoms with Crippen LogP contribution in [0.5, 0.6) is 0 Å². The number of aliphatic hydroxyl groups excluding tert-OH is 1. The lowest BCUT2D eigenvalue weighted by atomic mass is 10.0. The van der Waals surface area contributed by atoms with Crippen LogP contribution in [0.2, 0.25) is 0 Å². The van der Waals surface area contributed by atoms with E-state index in [0.29, 0.717) is 18.8 Å². The number of hydrogen-bond donors (Lipinski definition) is 5. The number of aliphatic imine (C=N–C) groups is 1. The SMILES string of the molecule is CCCCCCC(CCCCCC)OC(=O)CCCCCCCN(CCCCCCCC(O)O)CCCN1NC(N)=NC1(C)N. The molecule has 0 amide bonds. The highest BCUT2D eigenvalue weighted by Crippen LogP contribution is 2.18. The topological polar surface area (TPSA) is 150 Å². The van der Waals surface area contributed by atoms with Gasteiger partial charge < -0.3 is 25.6 Å². The van der Waals surface area contributed by atoms with Gasteiger partial charge in [0.15, 0.2) is 12.1 Å². The standard InChI is InChI=1S/C35H72N6O4/c1-4-6-8-16-23-31(24-17-9-7-5-2)45-33(44)26-19-13-11-15-21-28-40(27-20-14-10-12-18-25-32(42)43)29-22-30-41-35(3,37)38-34(36)39-41/h31-32,42-43H,4-30,37H2,1-3H3,(H3,36,38,39). The quantitative estimate of drug-likeness (QED) is 0.0335. The van der Waals surface area contributed by atoms with E-state index in [1.54, 1.807) is 0 Å². The van der Waals surface area contributed by atoms with E-state index in [1.807, 2.05) is 11.9 Å². The predicted octanol–water partition coefficient (Wildman–Crippen LogP) is 6.29. The molecule has 0 saturated carbocycles. The van der Waals surface area contributed by atoms with Gasteiger partial charge in [-0.05, 0) is 90.8 Å². The van der Waals surface area contributed by atoms with Gasteiger partial charge in [0.05, 0.1) is 0 Å². The Bertz CT molecular complexity index is 740. The summed E-state index contributed by atoms with van der Waals surface area (Å²) in [5.74, 6) is -0.449. The third-order valence-electron chi connectivity index (χ3n) is 8.85. The second-order valence-electron chi connectivity index (χ2n) is 13.4. The third-order valence-corrected chi connectivity index (χ3v) is 8.85. The van der Waals surface area contributed by atoms with Gasteiger partial charge in [-0.2, -0.15) is 5.01 Å². The van der Waals surface area contributed by atoms with E-state index >= 15 is 0 Å². The molecule has 10 nitrogen and oxygen atoms in total. The van der Waals surface area contributed by atoms with Gasteiger partial charge in [0.25, 0.3) is 0 Å². The number of nitrogens with zero attached hydrogens (tertiary/aromatic N) is 3. The average Bonchev–Trinajstić information content (AvgIpc) is 3.25. The van der Waals surface area contributed by atoms with Gasteiger partial charge in [0, 0.05) is 13.0 Å². The minimum atomic E-state index is -1.18. The van der Waals surface area contributed by atoms with Crippen LogP contribution >= 0.6 is 0 Å². The van der Waals surface area contributed by atoms with Crippen LogP contribution < -0.4 is 16.9 Å². The van der Waals surface area contributed by atoms with Gasteiger partial charge in [-0.25, -0.2) is 4.99 Å². The second-order valence-corrected chi connectivity index (χ2v) is 13.4. The first kappa shape index (κ1) is 41.6. The lowest BCUT2D eigenvalue weighted by Crippen LogP contribution is -2.55. The Morgan fingerprint density at radius 1 is 0.800 bits per heavy atom. The fraction of sp³-hybridized carbons (Fsp3) is 0.943. The first-order valence-electron chi connectivity index (χ1n) is 18.6. The van der Waals surface area contributed by atoms with Crippen molar-refractivity contribution in [2.75, 3.05) is 26.2 Å². The van der Waals surface area contributed by atoms with Gasteiger partial charge in [0.1, 0.15) is 6.10 Å². The number of carbonyl (C=O) groups is 1. The molecule has 0 aromatic heterocycles. The van der Waals surface area contributed by atoms with Crippen molar-refractivity contribution in [1.29, 1.82) is 0 Å². The number of carbonyl (C=O) groups excluding carboxylic acids is 1. The highest BCUT2D eigenvalue weighted by Gasteiger charge is 2.32. The number of rotatable bonds is 31. The molecule has 0 radical (unpaired) electrons. The van der Waals surface area contributed by atoms with Gasteiger partial charge in [-0.3, -0.25) is 16.0 Å². The molecule has 0 spiro atoms. The minimum absolute atomic E-state index is 0.00192. The Morgan fingerprint density at radius 2 is 1.29 bits per heavy atom. The lowest BCUT2D eigenvalue weighted by molar-refractivity contribution is -0.150. The highest BCUT2D eigenvalue weighted by atomic mass is 16.5. The van der Waals surface area contributed by atoms with Crippen molar-refractivity contribution >= 4 is 11.9 Å². The van der Waals surface area contributed by atoms with Crippen molar-refractivity contribution in [3.05, 3.63) is 0 Å². The van der Waals surface area contributed by atoms with E-state index in [9.17, 15) is 4.79 Å². The monoisotopic (exact) mass is 641 g/mol. The van der Waals surface area contributed by atoms with Crippen LogP contribution in [-0.4, -0.2) is 76.4 Å². The van der Waals surface area contributed by atoms with Crippen LogP contribution in [0.15, 0.2) is 4.99 Å². The summed E-state index contributed by atoms with van der Waals surface area (Å²) in [5, 5.41) is 19.9. The Labute approximate surface area is 276 Å². The molecule has 0 aliphatic carbocycles. The summed E-state index contributed by atoms with van der Waals surface area (Å²) in [5.41, 5.74) is 15.1. The van der Waals surface area contributed by atoms with Crippen molar-refractivity contribution in [2.24, 2.45) is 16.5 Å². The van der Waals surface area contributed by atoms with E-state index in [0.717, 1.165) is 116 Å². The van der Waals surface area contributed by atoms with Gasteiger partial charge in [0.2, 0.25) is 5.96 Å². The molecule has 0 aromatic carbocycles. The molecule has 45 heavy (non-hydrogen) atoms. The molecule has 0 bridgehead atoms. The number of hydrazine groups is 1. The summed E-state index contributed by atoms with van der Waals surface area (Å²) in [7, 11) is 0. The summed E-state index contributed by atoms with van der Waals surface area (Å²) in [6, 6.07) is 0. The van der Waals surface area contributed by atoms with Crippen LogP contribution in [0.1, 0.15) is 168 Å². The van der Waals surface area contributed by atoms with Gasteiger partial charge >= 0.3 is 5.97 Å². The number of nitrogens with two attached hydrogens (primary N) is 2. The molecule has 266 valence electrons. The first-order chi connectivity index (χ1) is 21.7. The summed E-state index contributed by atoms with van der Waals surface area (Å²) in [6.07, 6.45) is 23.5. The largest absolute Gasteiger partial charge is 0.462 e. The average molecular weight is 641 g/mol. The molecule has 0 aromatic rings. The maximum atomic E-state index is 12.6. The Kier molecular flexibility index (Phi) is 24.6. The molecule has 0 fully saturated rings. The van der Waals surface area contributed by atoms with Crippen LogP contribution in [0.25, 0.3) is 0 Å². The number of esters is 1. The Hall–Kier alpha value is -1.46. The molecule has 10 heteroatoms. The van der Waals surface area contributed by atoms with Crippen molar-refractivity contribution in [3.8, 4) is 0 Å². The van der Waals surface area contributed by atoms with Crippen LogP contribution in [0.4, 0.5) is 0 Å². The molecule has 1 unspecified atom stereocenters. The van der Waals surface area contributed by atoms with E-state index in [2.05, 4.69) is 29.2 Å². The number of aliphatic hydroxyl groups is 2. The Morgan fingerprint density at radius 3 is 1.82 bits per heavy atom. The predicted molar refractivity (Wildman–Crippen MR) is 186 cm³/mol. The van der Waals surface area contributed by atoms with Crippen LogP contribution in [0, 0.1) is 0 Å². The summed E-state index contributed by atoms with van der Waals surface area (Å²) >= 11 is 0. The van der Waals surface area contributed by atoms with Gasteiger partial charge in [-0.15, -0.1) is 0 Å². The zero-order valence-corrected chi connectivity index (χ0v) is 29.5. The van der Waals surface area contributed by atoms with E-state index in [4.69, 9.17) is 26.4 Å². The maximum absolute atomic E-state index is 12.6. The molecule has 1 aliphatic rings. The molecule has 1 aliphatic heterocycles. The zero-order chi connectivity index (χ0) is 33.2. The minimum Gasteiger partial charge on any atom is -0.462 e. The third kappa shape index (κ3) is 22.7. The normalized spacial score (nSPS) is 17.0. The maximum Gasteiger partial charge on any atom is 0.306 e. The van der Waals surface area contributed by atoms with E-state index < -0.39 is 12.1 Å². The summed E-state index contributed by atoms with van der Waals surface area (Å²) in [6.45, 7) is 10.2. The fourth-order valence-electron chi connectivity index (χ4n) is 6.08. The number of nitrogens with one attached hydrogen (secondary N) is 1. The molecule has 7 N–H and O–H groups in total. The van der Waals surface area contributed by atoms with Crippen LogP contribution in [0.3, 0.4) is 0 Å². The number of guanidine groups is 1.